The number of ether oxygens (including phenoxy) is 1. The summed E-state index contributed by atoms with van der Waals surface area (Å²) >= 11 is 1.32. The molecule has 0 spiro atoms. The molecular formula is C16H26N4O3S. The molecule has 1 aromatic heterocycles. The summed E-state index contributed by atoms with van der Waals surface area (Å²) in [5, 5.41) is 10.5. The van der Waals surface area contributed by atoms with Crippen LogP contribution in [-0.2, 0) is 20.7 Å². The van der Waals surface area contributed by atoms with Crippen LogP contribution in [0.25, 0.3) is 0 Å². The number of H-pyrrole nitrogens is 1. The van der Waals surface area contributed by atoms with Crippen molar-refractivity contribution >= 4 is 23.6 Å². The van der Waals surface area contributed by atoms with Crippen molar-refractivity contribution in [2.24, 2.45) is 5.92 Å². The van der Waals surface area contributed by atoms with Gasteiger partial charge in [-0.3, -0.25) is 14.7 Å². The van der Waals surface area contributed by atoms with Crippen LogP contribution in [0.3, 0.4) is 0 Å². The Labute approximate surface area is 146 Å². The third-order valence-corrected chi connectivity index (χ3v) is 4.83. The summed E-state index contributed by atoms with van der Waals surface area (Å²) in [6, 6.07) is 0. The van der Waals surface area contributed by atoms with E-state index in [0.717, 1.165) is 18.2 Å². The molecule has 1 saturated carbocycles. The second-order valence-corrected chi connectivity index (χ2v) is 6.91. The number of esters is 1. The molecule has 1 heterocycles. The smallest absolute Gasteiger partial charge is 0.305 e. The predicted molar refractivity (Wildman–Crippen MR) is 91.6 cm³/mol. The van der Waals surface area contributed by atoms with Crippen LogP contribution in [0, 0.1) is 5.92 Å². The Hall–Kier alpha value is -1.57. The van der Waals surface area contributed by atoms with E-state index >= 15 is 0 Å². The van der Waals surface area contributed by atoms with E-state index in [4.69, 9.17) is 4.74 Å². The van der Waals surface area contributed by atoms with Gasteiger partial charge >= 0.3 is 5.97 Å². The maximum Gasteiger partial charge on any atom is 0.305 e. The lowest BCUT2D eigenvalue weighted by Gasteiger charge is -2.04. The zero-order chi connectivity index (χ0) is 17.2. The van der Waals surface area contributed by atoms with Crippen LogP contribution >= 0.6 is 11.8 Å². The lowest BCUT2D eigenvalue weighted by atomic mass is 10.0. The van der Waals surface area contributed by atoms with Gasteiger partial charge in [0.2, 0.25) is 11.1 Å². The SMILES string of the molecule is CCOC(=O)CCCNC(=O)CSc1n[nH]c(CC2CCCC2)n1. The highest BCUT2D eigenvalue weighted by Gasteiger charge is 2.17. The number of carbonyl (C=O) groups is 2. The van der Waals surface area contributed by atoms with Crippen LogP contribution in [0.1, 0.15) is 51.3 Å². The summed E-state index contributed by atoms with van der Waals surface area (Å²) in [5.74, 6) is 1.61. The van der Waals surface area contributed by atoms with Crippen LogP contribution in [0.5, 0.6) is 0 Å². The molecule has 8 heteroatoms. The predicted octanol–water partition coefficient (Wildman–Crippen LogP) is 2.09. The second kappa shape index (κ2) is 10.3. The van der Waals surface area contributed by atoms with Gasteiger partial charge in [0.15, 0.2) is 0 Å². The second-order valence-electron chi connectivity index (χ2n) is 5.97. The molecule has 1 aromatic rings. The molecule has 2 rings (SSSR count). The van der Waals surface area contributed by atoms with Crippen LogP contribution in [-0.4, -0.2) is 46.0 Å². The molecule has 0 unspecified atom stereocenters. The zero-order valence-electron chi connectivity index (χ0n) is 14.2. The van der Waals surface area contributed by atoms with Crippen LogP contribution in [0.15, 0.2) is 5.16 Å². The van der Waals surface area contributed by atoms with Crippen LogP contribution < -0.4 is 5.32 Å². The van der Waals surface area contributed by atoms with Crippen molar-refractivity contribution in [3.05, 3.63) is 5.82 Å². The first-order valence-electron chi connectivity index (χ1n) is 8.63. The fourth-order valence-corrected chi connectivity index (χ4v) is 3.44. The van der Waals surface area contributed by atoms with Crippen molar-refractivity contribution in [1.82, 2.24) is 20.5 Å². The maximum atomic E-state index is 11.8. The quantitative estimate of drug-likeness (QED) is 0.379. The minimum Gasteiger partial charge on any atom is -0.466 e. The number of thioether (sulfide) groups is 1. The number of hydrogen-bond acceptors (Lipinski definition) is 6. The Morgan fingerprint density at radius 1 is 1.38 bits per heavy atom. The van der Waals surface area contributed by atoms with E-state index in [1.165, 1.54) is 37.4 Å². The summed E-state index contributed by atoms with van der Waals surface area (Å²) in [4.78, 5) is 27.4. The number of nitrogens with zero attached hydrogens (tertiary/aromatic N) is 2. The van der Waals surface area contributed by atoms with Gasteiger partial charge in [0, 0.05) is 19.4 Å². The van der Waals surface area contributed by atoms with Crippen molar-refractivity contribution in [2.45, 2.75) is 57.0 Å². The molecule has 24 heavy (non-hydrogen) atoms. The van der Waals surface area contributed by atoms with Gasteiger partial charge in [-0.1, -0.05) is 37.4 Å². The van der Waals surface area contributed by atoms with Gasteiger partial charge in [-0.25, -0.2) is 4.98 Å². The summed E-state index contributed by atoms with van der Waals surface area (Å²) in [5.41, 5.74) is 0. The van der Waals surface area contributed by atoms with Gasteiger partial charge < -0.3 is 10.1 Å². The molecule has 1 aliphatic rings. The third-order valence-electron chi connectivity index (χ3n) is 3.99. The number of amides is 1. The number of nitrogens with one attached hydrogen (secondary N) is 2. The number of hydrogen-bond donors (Lipinski definition) is 2. The van der Waals surface area contributed by atoms with Gasteiger partial charge in [-0.2, -0.15) is 0 Å². The number of carbonyl (C=O) groups excluding carboxylic acids is 2. The Balaban J connectivity index is 1.58. The van der Waals surface area contributed by atoms with Gasteiger partial charge in [0.1, 0.15) is 5.82 Å². The van der Waals surface area contributed by atoms with E-state index in [2.05, 4.69) is 20.5 Å². The van der Waals surface area contributed by atoms with E-state index < -0.39 is 0 Å². The number of aromatic amines is 1. The van der Waals surface area contributed by atoms with E-state index in [1.54, 1.807) is 6.92 Å². The number of rotatable bonds is 10. The molecule has 0 atom stereocenters. The van der Waals surface area contributed by atoms with Crippen molar-refractivity contribution < 1.29 is 14.3 Å². The van der Waals surface area contributed by atoms with Crippen molar-refractivity contribution in [1.29, 1.82) is 0 Å². The minimum atomic E-state index is -0.225. The summed E-state index contributed by atoms with van der Waals surface area (Å²) in [6.07, 6.45) is 7.05. The Morgan fingerprint density at radius 3 is 2.92 bits per heavy atom. The van der Waals surface area contributed by atoms with E-state index in [1.807, 2.05) is 0 Å². The first kappa shape index (κ1) is 18.8. The molecule has 7 nitrogen and oxygen atoms in total. The van der Waals surface area contributed by atoms with Gasteiger partial charge in [-0.05, 0) is 19.3 Å². The normalized spacial score (nSPS) is 14.7. The average molecular weight is 354 g/mol. The Kier molecular flexibility index (Phi) is 8.07. The fourth-order valence-electron chi connectivity index (χ4n) is 2.80. The van der Waals surface area contributed by atoms with Crippen LogP contribution in [0.2, 0.25) is 0 Å². The lowest BCUT2D eigenvalue weighted by Crippen LogP contribution is -2.26. The molecule has 0 aliphatic heterocycles. The van der Waals surface area contributed by atoms with Crippen LogP contribution in [0.4, 0.5) is 0 Å². The monoisotopic (exact) mass is 354 g/mol. The molecule has 0 bridgehead atoms. The molecule has 2 N–H and O–H groups in total. The van der Waals surface area contributed by atoms with Crippen molar-refractivity contribution in [3.63, 3.8) is 0 Å². The lowest BCUT2D eigenvalue weighted by molar-refractivity contribution is -0.143. The fraction of sp³-hybridized carbons (Fsp3) is 0.750. The maximum absolute atomic E-state index is 11.8. The topological polar surface area (TPSA) is 97.0 Å². The zero-order valence-corrected chi connectivity index (χ0v) is 15.0. The standard InChI is InChI=1S/C16H26N4O3S/c1-2-23-15(22)8-5-9-17-14(21)11-24-16-18-13(19-20-16)10-12-6-3-4-7-12/h12H,2-11H2,1H3,(H,17,21)(H,18,19,20). The van der Waals surface area contributed by atoms with Crippen molar-refractivity contribution in [3.8, 4) is 0 Å². The first-order valence-corrected chi connectivity index (χ1v) is 9.62. The highest BCUT2D eigenvalue weighted by molar-refractivity contribution is 7.99. The molecule has 0 aromatic carbocycles. The summed E-state index contributed by atoms with van der Waals surface area (Å²) in [7, 11) is 0. The summed E-state index contributed by atoms with van der Waals surface area (Å²) in [6.45, 7) is 2.64. The average Bonchev–Trinajstić information content (AvgIpc) is 3.22. The first-order chi connectivity index (χ1) is 11.7. The number of aromatic nitrogens is 3. The molecule has 1 amide bonds. The highest BCUT2D eigenvalue weighted by atomic mass is 32.2. The molecular weight excluding hydrogens is 328 g/mol. The third kappa shape index (κ3) is 6.90. The van der Waals surface area contributed by atoms with E-state index in [0.29, 0.717) is 31.1 Å². The van der Waals surface area contributed by atoms with Crippen molar-refractivity contribution in [2.75, 3.05) is 18.9 Å². The van der Waals surface area contributed by atoms with Gasteiger partial charge in [-0.15, -0.1) is 5.10 Å². The largest absolute Gasteiger partial charge is 0.466 e. The van der Waals surface area contributed by atoms with E-state index in [-0.39, 0.29) is 17.6 Å². The Bertz CT molecular complexity index is 529. The molecule has 1 fully saturated rings. The minimum absolute atomic E-state index is 0.0778. The highest BCUT2D eigenvalue weighted by Crippen LogP contribution is 2.27. The van der Waals surface area contributed by atoms with E-state index in [9.17, 15) is 9.59 Å². The van der Waals surface area contributed by atoms with Gasteiger partial charge in [0.05, 0.1) is 12.4 Å². The van der Waals surface area contributed by atoms with Gasteiger partial charge in [0.25, 0.3) is 0 Å². The Morgan fingerprint density at radius 2 is 2.17 bits per heavy atom. The summed E-state index contributed by atoms with van der Waals surface area (Å²) < 4.78 is 4.83. The molecule has 134 valence electrons. The molecule has 0 radical (unpaired) electrons. The molecule has 1 aliphatic carbocycles. The molecule has 0 saturated heterocycles.